The highest BCUT2D eigenvalue weighted by Crippen LogP contribution is 2.31. The third-order valence-electron chi connectivity index (χ3n) is 3.81. The Kier molecular flexibility index (Phi) is 3.20. The zero-order valence-electron chi connectivity index (χ0n) is 9.61. The molecular weight excluding hydrogens is 214 g/mol. The standard InChI is InChI=1S/C14H19NS/c1-2-4-13-12(3-1)5-6-14(13)15-9-11-7-8-16-10-11/h1-4,11,14-15H,5-10H2. The number of rotatable bonds is 3. The Bertz CT molecular complexity index is 358. The van der Waals surface area contributed by atoms with Crippen LogP contribution in [0.3, 0.4) is 0 Å². The molecule has 2 heteroatoms. The van der Waals surface area contributed by atoms with Gasteiger partial charge in [0.2, 0.25) is 0 Å². The summed E-state index contributed by atoms with van der Waals surface area (Å²) in [5, 5.41) is 3.77. The van der Waals surface area contributed by atoms with Crippen molar-refractivity contribution in [3.05, 3.63) is 35.4 Å². The van der Waals surface area contributed by atoms with Gasteiger partial charge in [-0.3, -0.25) is 0 Å². The van der Waals surface area contributed by atoms with Crippen molar-refractivity contribution in [2.24, 2.45) is 5.92 Å². The molecule has 1 saturated heterocycles. The predicted octanol–water partition coefficient (Wildman–Crippen LogP) is 3.02. The van der Waals surface area contributed by atoms with Crippen molar-refractivity contribution in [3.63, 3.8) is 0 Å². The molecule has 0 amide bonds. The van der Waals surface area contributed by atoms with Crippen molar-refractivity contribution in [1.82, 2.24) is 5.32 Å². The Balaban J connectivity index is 1.60. The summed E-state index contributed by atoms with van der Waals surface area (Å²) in [4.78, 5) is 0. The molecule has 1 fully saturated rings. The average Bonchev–Trinajstić information content (AvgIpc) is 2.96. The van der Waals surface area contributed by atoms with Gasteiger partial charge in [-0.05, 0) is 54.4 Å². The Morgan fingerprint density at radius 2 is 2.19 bits per heavy atom. The molecule has 2 aliphatic rings. The molecule has 1 aromatic rings. The number of thioether (sulfide) groups is 1. The third-order valence-corrected chi connectivity index (χ3v) is 5.04. The van der Waals surface area contributed by atoms with Crippen LogP contribution in [-0.4, -0.2) is 18.1 Å². The summed E-state index contributed by atoms with van der Waals surface area (Å²) in [5.74, 6) is 3.65. The molecule has 1 aromatic carbocycles. The van der Waals surface area contributed by atoms with Crippen LogP contribution < -0.4 is 5.32 Å². The second-order valence-corrected chi connectivity index (χ2v) is 6.08. The van der Waals surface area contributed by atoms with E-state index >= 15 is 0 Å². The fraction of sp³-hybridized carbons (Fsp3) is 0.571. The van der Waals surface area contributed by atoms with E-state index in [1.165, 1.54) is 37.3 Å². The Hall–Kier alpha value is -0.470. The minimum Gasteiger partial charge on any atom is -0.310 e. The first-order valence-electron chi connectivity index (χ1n) is 6.32. The van der Waals surface area contributed by atoms with Crippen molar-refractivity contribution >= 4 is 11.8 Å². The summed E-state index contributed by atoms with van der Waals surface area (Å²) < 4.78 is 0. The molecule has 1 nitrogen and oxygen atoms in total. The van der Waals surface area contributed by atoms with E-state index in [1.54, 1.807) is 11.1 Å². The van der Waals surface area contributed by atoms with Crippen LogP contribution in [0.15, 0.2) is 24.3 Å². The Labute approximate surface area is 102 Å². The summed E-state index contributed by atoms with van der Waals surface area (Å²) in [5.41, 5.74) is 3.11. The molecule has 2 atom stereocenters. The number of hydrogen-bond acceptors (Lipinski definition) is 2. The fourth-order valence-electron chi connectivity index (χ4n) is 2.82. The van der Waals surface area contributed by atoms with E-state index < -0.39 is 0 Å². The van der Waals surface area contributed by atoms with Gasteiger partial charge in [0.1, 0.15) is 0 Å². The maximum absolute atomic E-state index is 3.77. The van der Waals surface area contributed by atoms with Crippen LogP contribution >= 0.6 is 11.8 Å². The van der Waals surface area contributed by atoms with Gasteiger partial charge in [-0.15, -0.1) is 0 Å². The zero-order chi connectivity index (χ0) is 10.8. The lowest BCUT2D eigenvalue weighted by molar-refractivity contribution is 0.457. The van der Waals surface area contributed by atoms with Gasteiger partial charge in [-0.2, -0.15) is 11.8 Å². The lowest BCUT2D eigenvalue weighted by atomic mass is 10.1. The van der Waals surface area contributed by atoms with E-state index in [-0.39, 0.29) is 0 Å². The number of nitrogens with one attached hydrogen (secondary N) is 1. The molecule has 0 saturated carbocycles. The molecule has 1 aliphatic carbocycles. The van der Waals surface area contributed by atoms with Crippen LogP contribution in [0.25, 0.3) is 0 Å². The molecule has 0 spiro atoms. The van der Waals surface area contributed by atoms with Gasteiger partial charge in [0.15, 0.2) is 0 Å². The van der Waals surface area contributed by atoms with Crippen LogP contribution in [0.4, 0.5) is 0 Å². The van der Waals surface area contributed by atoms with Crippen LogP contribution in [0.1, 0.15) is 30.0 Å². The van der Waals surface area contributed by atoms with E-state index in [9.17, 15) is 0 Å². The van der Waals surface area contributed by atoms with E-state index in [0.717, 1.165) is 5.92 Å². The SMILES string of the molecule is c1ccc2c(c1)CCC2NCC1CCSC1. The topological polar surface area (TPSA) is 12.0 Å². The van der Waals surface area contributed by atoms with E-state index in [2.05, 4.69) is 41.3 Å². The average molecular weight is 233 g/mol. The van der Waals surface area contributed by atoms with Gasteiger partial charge in [0.05, 0.1) is 0 Å². The number of aryl methyl sites for hydroxylation is 1. The van der Waals surface area contributed by atoms with Gasteiger partial charge in [-0.25, -0.2) is 0 Å². The van der Waals surface area contributed by atoms with E-state index in [1.807, 2.05) is 0 Å². The lowest BCUT2D eigenvalue weighted by Gasteiger charge is -2.16. The van der Waals surface area contributed by atoms with E-state index in [4.69, 9.17) is 0 Å². The molecule has 1 heterocycles. The highest BCUT2D eigenvalue weighted by Gasteiger charge is 2.23. The number of fused-ring (bicyclic) bond motifs is 1. The quantitative estimate of drug-likeness (QED) is 0.861. The van der Waals surface area contributed by atoms with Crippen LogP contribution in [0, 0.1) is 5.92 Å². The number of hydrogen-bond donors (Lipinski definition) is 1. The van der Waals surface area contributed by atoms with Gasteiger partial charge >= 0.3 is 0 Å². The smallest absolute Gasteiger partial charge is 0.0326 e. The molecule has 16 heavy (non-hydrogen) atoms. The largest absolute Gasteiger partial charge is 0.310 e. The fourth-order valence-corrected chi connectivity index (χ4v) is 4.11. The molecule has 86 valence electrons. The maximum atomic E-state index is 3.77. The summed E-state index contributed by atoms with van der Waals surface area (Å²) in [6.45, 7) is 1.21. The minimum atomic E-state index is 0.627. The normalized spacial score (nSPS) is 28.2. The first-order valence-corrected chi connectivity index (χ1v) is 7.48. The minimum absolute atomic E-state index is 0.627. The first kappa shape index (κ1) is 10.7. The van der Waals surface area contributed by atoms with Crippen LogP contribution in [-0.2, 0) is 6.42 Å². The summed E-state index contributed by atoms with van der Waals surface area (Å²) in [6, 6.07) is 9.53. The van der Waals surface area contributed by atoms with Gasteiger partial charge in [-0.1, -0.05) is 24.3 Å². The van der Waals surface area contributed by atoms with Gasteiger partial charge < -0.3 is 5.32 Å². The molecule has 1 aliphatic heterocycles. The van der Waals surface area contributed by atoms with Crippen LogP contribution in [0.2, 0.25) is 0 Å². The lowest BCUT2D eigenvalue weighted by Crippen LogP contribution is -2.26. The summed E-state index contributed by atoms with van der Waals surface area (Å²) in [6.07, 6.45) is 3.96. The van der Waals surface area contributed by atoms with Crippen molar-refractivity contribution in [2.45, 2.75) is 25.3 Å². The highest BCUT2D eigenvalue weighted by molar-refractivity contribution is 7.99. The molecule has 0 radical (unpaired) electrons. The maximum Gasteiger partial charge on any atom is 0.0326 e. The van der Waals surface area contributed by atoms with Crippen molar-refractivity contribution in [2.75, 3.05) is 18.1 Å². The molecule has 0 aromatic heterocycles. The second-order valence-electron chi connectivity index (χ2n) is 4.93. The zero-order valence-corrected chi connectivity index (χ0v) is 10.4. The molecule has 0 bridgehead atoms. The van der Waals surface area contributed by atoms with Crippen LogP contribution in [0.5, 0.6) is 0 Å². The Morgan fingerprint density at radius 3 is 3.06 bits per heavy atom. The van der Waals surface area contributed by atoms with Crippen molar-refractivity contribution in [1.29, 1.82) is 0 Å². The third kappa shape index (κ3) is 2.14. The monoisotopic (exact) mass is 233 g/mol. The first-order chi connectivity index (χ1) is 7.93. The molecule has 1 N–H and O–H groups in total. The predicted molar refractivity (Wildman–Crippen MR) is 70.9 cm³/mol. The Morgan fingerprint density at radius 1 is 1.25 bits per heavy atom. The molecule has 2 unspecified atom stereocenters. The summed E-state index contributed by atoms with van der Waals surface area (Å²) in [7, 11) is 0. The molecular formula is C14H19NS. The molecule has 3 rings (SSSR count). The second kappa shape index (κ2) is 4.80. The van der Waals surface area contributed by atoms with Crippen molar-refractivity contribution < 1.29 is 0 Å². The van der Waals surface area contributed by atoms with Gasteiger partial charge in [0.25, 0.3) is 0 Å². The van der Waals surface area contributed by atoms with E-state index in [0.29, 0.717) is 6.04 Å². The highest BCUT2D eigenvalue weighted by atomic mass is 32.2. The number of benzene rings is 1. The summed E-state index contributed by atoms with van der Waals surface area (Å²) >= 11 is 2.11. The van der Waals surface area contributed by atoms with Gasteiger partial charge in [0, 0.05) is 6.04 Å². The van der Waals surface area contributed by atoms with Crippen molar-refractivity contribution in [3.8, 4) is 0 Å².